The molecule has 0 bridgehead atoms. The number of carbonyl (C=O) groups is 2. The Bertz CT molecular complexity index is 1090. The number of hydrogen-bond acceptors (Lipinski definition) is 7. The molecule has 0 aliphatic carbocycles. The van der Waals surface area contributed by atoms with Crippen molar-refractivity contribution < 1.29 is 18.7 Å². The first-order valence-corrected chi connectivity index (χ1v) is 10.4. The molecule has 4 rings (SSSR count). The second-order valence-corrected chi connectivity index (χ2v) is 7.88. The fraction of sp³-hybridized carbons (Fsp3) is 0.273. The number of methoxy groups -OCH3 is 1. The highest BCUT2D eigenvalue weighted by Gasteiger charge is 2.33. The molecule has 0 radical (unpaired) electrons. The van der Waals surface area contributed by atoms with Crippen molar-refractivity contribution in [3.8, 4) is 0 Å². The second kappa shape index (κ2) is 9.15. The average molecular weight is 460 g/mol. The number of benzene rings is 2. The molecule has 2 aliphatic heterocycles. The minimum atomic E-state index is -0.526. The van der Waals surface area contributed by atoms with Gasteiger partial charge in [0.1, 0.15) is 11.6 Å². The lowest BCUT2D eigenvalue weighted by Gasteiger charge is -2.26. The summed E-state index contributed by atoms with van der Waals surface area (Å²) >= 11 is 6.26. The van der Waals surface area contributed by atoms with Crippen molar-refractivity contribution in [1.29, 1.82) is 0 Å². The Labute approximate surface area is 190 Å². The highest BCUT2D eigenvalue weighted by Crippen LogP contribution is 2.36. The maximum Gasteiger partial charge on any atom is 0.319 e. The number of hydrazine groups is 1. The lowest BCUT2D eigenvalue weighted by atomic mass is 10.1. The Hall–Kier alpha value is -3.14. The molecule has 2 aromatic carbocycles. The molecule has 2 aromatic rings. The summed E-state index contributed by atoms with van der Waals surface area (Å²) in [5.74, 6) is -0.466. The van der Waals surface area contributed by atoms with Crippen LogP contribution in [-0.4, -0.2) is 55.2 Å². The van der Waals surface area contributed by atoms with E-state index < -0.39 is 11.8 Å². The Kier molecular flexibility index (Phi) is 6.31. The van der Waals surface area contributed by atoms with Crippen LogP contribution in [0.4, 0.5) is 15.8 Å². The molecule has 8 nitrogen and oxygen atoms in total. The monoisotopic (exact) mass is 459 g/mol. The van der Waals surface area contributed by atoms with Crippen molar-refractivity contribution in [1.82, 2.24) is 14.9 Å². The third-order valence-electron chi connectivity index (χ3n) is 5.46. The summed E-state index contributed by atoms with van der Waals surface area (Å²) in [6.45, 7) is 0.880. The maximum atomic E-state index is 14.7. The predicted molar refractivity (Wildman–Crippen MR) is 119 cm³/mol. The number of ether oxygens (including phenoxy) is 1. The van der Waals surface area contributed by atoms with Gasteiger partial charge in [0.05, 0.1) is 38.1 Å². The number of nitrogens with one attached hydrogen (secondary N) is 2. The van der Waals surface area contributed by atoms with Gasteiger partial charge in [-0.1, -0.05) is 18.2 Å². The molecular weight excluding hydrogens is 437 g/mol. The van der Waals surface area contributed by atoms with Crippen molar-refractivity contribution >= 4 is 35.0 Å². The molecule has 0 unspecified atom stereocenters. The molecule has 0 saturated carbocycles. The smallest absolute Gasteiger partial charge is 0.319 e. The summed E-state index contributed by atoms with van der Waals surface area (Å²) in [4.78, 5) is 26.3. The van der Waals surface area contributed by atoms with E-state index in [2.05, 4.69) is 15.4 Å². The highest BCUT2D eigenvalue weighted by molar-refractivity contribution is 6.13. The van der Waals surface area contributed by atoms with Gasteiger partial charge in [0.25, 0.3) is 5.91 Å². The lowest BCUT2D eigenvalue weighted by Crippen LogP contribution is -2.34. The quantitative estimate of drug-likeness (QED) is 0.526. The normalized spacial score (nSPS) is 15.8. The number of hydrogen-bond donors (Lipinski definition) is 2. The van der Waals surface area contributed by atoms with Gasteiger partial charge in [0, 0.05) is 42.1 Å². The van der Waals surface area contributed by atoms with Crippen molar-refractivity contribution in [3.63, 3.8) is 0 Å². The Morgan fingerprint density at radius 3 is 2.75 bits per heavy atom. The summed E-state index contributed by atoms with van der Waals surface area (Å²) in [6.07, 6.45) is 0. The van der Waals surface area contributed by atoms with Crippen LogP contribution in [0.2, 0.25) is 0 Å². The first-order chi connectivity index (χ1) is 15.4. The van der Waals surface area contributed by atoms with Gasteiger partial charge in [0.15, 0.2) is 0 Å². The Balaban J connectivity index is 1.59. The van der Waals surface area contributed by atoms with Gasteiger partial charge in [-0.3, -0.25) is 14.6 Å². The molecule has 0 fully saturated rings. The third kappa shape index (κ3) is 4.27. The highest BCUT2D eigenvalue weighted by atomic mass is 35.5. The summed E-state index contributed by atoms with van der Waals surface area (Å²) in [7, 11) is 3.12. The molecule has 2 N–H and O–H groups in total. The molecule has 0 aromatic heterocycles. The fourth-order valence-electron chi connectivity index (χ4n) is 3.72. The van der Waals surface area contributed by atoms with Crippen LogP contribution >= 0.6 is 11.8 Å². The maximum absolute atomic E-state index is 14.7. The van der Waals surface area contributed by atoms with E-state index in [1.807, 2.05) is 31.3 Å². The van der Waals surface area contributed by atoms with Crippen LogP contribution in [0, 0.1) is 5.82 Å². The van der Waals surface area contributed by atoms with Gasteiger partial charge in [0.2, 0.25) is 0 Å². The van der Waals surface area contributed by atoms with Crippen LogP contribution in [0.15, 0.2) is 53.9 Å². The van der Waals surface area contributed by atoms with Gasteiger partial charge >= 0.3 is 5.97 Å². The zero-order valence-corrected chi connectivity index (χ0v) is 18.4. The number of nitrogens with zero attached hydrogens (tertiary/aromatic N) is 3. The van der Waals surface area contributed by atoms with Crippen molar-refractivity contribution in [2.24, 2.45) is 0 Å². The zero-order valence-electron chi connectivity index (χ0n) is 17.7. The first-order valence-electron chi connectivity index (χ1n) is 10.0. The van der Waals surface area contributed by atoms with Gasteiger partial charge in [-0.15, -0.1) is 4.53 Å². The number of carbonyl (C=O) groups excluding carboxylic acids is 2. The SMILES string of the molecule is COC(=O)CNCc1ccc(C(=O)N2CC3=C(Nc4ccccc42)N(C)N(Cl)C3)cc1F. The van der Waals surface area contributed by atoms with E-state index >= 15 is 0 Å². The molecule has 168 valence electrons. The molecule has 2 aliphatic rings. The van der Waals surface area contributed by atoms with Crippen LogP contribution in [0.5, 0.6) is 0 Å². The minimum absolute atomic E-state index is 0.0301. The summed E-state index contributed by atoms with van der Waals surface area (Å²) in [5, 5.41) is 7.96. The van der Waals surface area contributed by atoms with Crippen molar-refractivity contribution in [2.75, 3.05) is 44.0 Å². The van der Waals surface area contributed by atoms with Crippen molar-refractivity contribution in [2.45, 2.75) is 6.54 Å². The number of halogens is 2. The molecule has 1 amide bonds. The average Bonchev–Trinajstić information content (AvgIpc) is 2.96. The van der Waals surface area contributed by atoms with Gasteiger partial charge in [-0.2, -0.15) is 0 Å². The van der Waals surface area contributed by atoms with Crippen LogP contribution in [0.1, 0.15) is 15.9 Å². The fourth-order valence-corrected chi connectivity index (χ4v) is 3.94. The topological polar surface area (TPSA) is 77.1 Å². The second-order valence-electron chi connectivity index (χ2n) is 7.49. The third-order valence-corrected chi connectivity index (χ3v) is 5.81. The number of rotatable bonds is 5. The Morgan fingerprint density at radius 2 is 2.00 bits per heavy atom. The molecule has 0 saturated heterocycles. The van der Waals surface area contributed by atoms with Crippen LogP contribution in [-0.2, 0) is 16.1 Å². The zero-order chi connectivity index (χ0) is 22.8. The molecule has 0 spiro atoms. The molecular formula is C22H23ClFN5O3. The summed E-state index contributed by atoms with van der Waals surface area (Å²) in [5.41, 5.74) is 2.98. The van der Waals surface area contributed by atoms with E-state index in [1.165, 1.54) is 17.7 Å². The summed E-state index contributed by atoms with van der Waals surface area (Å²) < 4.78 is 20.8. The first kappa shape index (κ1) is 22.1. The van der Waals surface area contributed by atoms with E-state index in [4.69, 9.17) is 11.8 Å². The van der Waals surface area contributed by atoms with Gasteiger partial charge in [-0.25, -0.2) is 4.39 Å². The Morgan fingerprint density at radius 1 is 1.22 bits per heavy atom. The standard InChI is InChI=1S/C22H23ClFN5O3/c1-27-21-16(13-29(27)23)12-28(19-6-4-3-5-18(19)26-21)22(31)14-7-8-15(17(24)9-14)10-25-11-20(30)32-2/h3-9,25-26H,10-13H2,1-2H3. The van der Waals surface area contributed by atoms with Crippen LogP contribution < -0.4 is 15.5 Å². The van der Waals surface area contributed by atoms with E-state index in [1.54, 1.807) is 22.0 Å². The number of anilines is 2. The van der Waals surface area contributed by atoms with Crippen LogP contribution in [0.25, 0.3) is 0 Å². The van der Waals surface area contributed by atoms with Crippen LogP contribution in [0.3, 0.4) is 0 Å². The number of amides is 1. The van der Waals surface area contributed by atoms with Gasteiger partial charge in [-0.05, 0) is 24.3 Å². The minimum Gasteiger partial charge on any atom is -0.468 e. The van der Waals surface area contributed by atoms with E-state index in [0.717, 1.165) is 17.1 Å². The molecule has 2 heterocycles. The molecule has 32 heavy (non-hydrogen) atoms. The lowest BCUT2D eigenvalue weighted by molar-refractivity contribution is -0.139. The van der Waals surface area contributed by atoms with E-state index in [9.17, 15) is 14.0 Å². The number of esters is 1. The van der Waals surface area contributed by atoms with Gasteiger partial charge < -0.3 is 20.3 Å². The summed E-state index contributed by atoms with van der Waals surface area (Å²) in [6, 6.07) is 11.8. The van der Waals surface area contributed by atoms with E-state index in [-0.39, 0.29) is 24.6 Å². The number of para-hydroxylation sites is 2. The molecule has 0 atom stereocenters. The molecule has 10 heteroatoms. The predicted octanol–water partition coefficient (Wildman–Crippen LogP) is 2.69. The van der Waals surface area contributed by atoms with Crippen molar-refractivity contribution in [3.05, 3.63) is 70.8 Å². The van der Waals surface area contributed by atoms with E-state index in [0.29, 0.717) is 24.3 Å². The number of fused-ring (bicyclic) bond motifs is 1. The largest absolute Gasteiger partial charge is 0.468 e.